The van der Waals surface area contributed by atoms with Crippen molar-refractivity contribution in [2.45, 2.75) is 54.6 Å². The number of ether oxygens (including phenoxy) is 2. The maximum absolute atomic E-state index is 14.4. The first-order valence-electron chi connectivity index (χ1n) is 13.4. The zero-order chi connectivity index (χ0) is 27.3. The molecular formula is C29H38N2O6S. The van der Waals surface area contributed by atoms with E-state index < -0.39 is 22.6 Å². The SMILES string of the molecule is C=CCCOC(=O)[C@@H]1[C@@H]2CCC3(S2)C(C(=O)N(CC=C)c2ccc(OC)cc2)N(CCCCCO)C(=O)[C@H]13. The van der Waals surface area contributed by atoms with Crippen molar-refractivity contribution >= 4 is 35.2 Å². The topological polar surface area (TPSA) is 96.4 Å². The van der Waals surface area contributed by atoms with Gasteiger partial charge in [0.2, 0.25) is 5.91 Å². The zero-order valence-corrected chi connectivity index (χ0v) is 22.9. The number of anilines is 1. The first kappa shape index (κ1) is 28.2. The molecule has 206 valence electrons. The molecule has 9 heteroatoms. The predicted octanol–water partition coefficient (Wildman–Crippen LogP) is 3.59. The normalized spacial score (nSPS) is 27.2. The van der Waals surface area contributed by atoms with Crippen LogP contribution in [0.4, 0.5) is 5.69 Å². The first-order chi connectivity index (χ1) is 18.4. The third-order valence-electron chi connectivity index (χ3n) is 7.89. The minimum Gasteiger partial charge on any atom is -0.497 e. The van der Waals surface area contributed by atoms with E-state index in [1.165, 1.54) is 0 Å². The van der Waals surface area contributed by atoms with Crippen molar-refractivity contribution in [1.82, 2.24) is 4.90 Å². The molecule has 3 heterocycles. The highest BCUT2D eigenvalue weighted by Gasteiger charge is 2.74. The van der Waals surface area contributed by atoms with Crippen LogP contribution < -0.4 is 9.64 Å². The summed E-state index contributed by atoms with van der Waals surface area (Å²) in [7, 11) is 1.59. The molecule has 0 aliphatic carbocycles. The number of hydrogen-bond acceptors (Lipinski definition) is 7. The van der Waals surface area contributed by atoms with Gasteiger partial charge in [-0.1, -0.05) is 12.2 Å². The molecule has 3 aliphatic rings. The van der Waals surface area contributed by atoms with E-state index in [0.717, 1.165) is 12.8 Å². The number of aliphatic hydroxyl groups excluding tert-OH is 1. The van der Waals surface area contributed by atoms with Gasteiger partial charge in [-0.25, -0.2) is 0 Å². The molecule has 0 radical (unpaired) electrons. The second kappa shape index (κ2) is 12.4. The number of aliphatic hydroxyl groups is 1. The molecule has 2 unspecified atom stereocenters. The lowest BCUT2D eigenvalue weighted by atomic mass is 9.71. The summed E-state index contributed by atoms with van der Waals surface area (Å²) in [6.45, 7) is 8.55. The summed E-state index contributed by atoms with van der Waals surface area (Å²) in [6, 6.07) is 6.57. The highest BCUT2D eigenvalue weighted by atomic mass is 32.2. The lowest BCUT2D eigenvalue weighted by Crippen LogP contribution is -2.55. The van der Waals surface area contributed by atoms with Gasteiger partial charge in [-0.15, -0.1) is 24.9 Å². The number of carbonyl (C=O) groups excluding carboxylic acids is 3. The molecule has 38 heavy (non-hydrogen) atoms. The number of methoxy groups -OCH3 is 1. The molecule has 5 atom stereocenters. The maximum Gasteiger partial charge on any atom is 0.310 e. The van der Waals surface area contributed by atoms with Crippen molar-refractivity contribution in [2.75, 3.05) is 38.3 Å². The highest BCUT2D eigenvalue weighted by Crippen LogP contribution is 2.66. The lowest BCUT2D eigenvalue weighted by Gasteiger charge is -2.37. The number of likely N-dealkylation sites (tertiary alicyclic amines) is 1. The Labute approximate surface area is 229 Å². The summed E-state index contributed by atoms with van der Waals surface area (Å²) < 4.78 is 10.2. The first-order valence-corrected chi connectivity index (χ1v) is 14.2. The Hall–Kier alpha value is -2.78. The largest absolute Gasteiger partial charge is 0.497 e. The van der Waals surface area contributed by atoms with E-state index in [1.54, 1.807) is 53.0 Å². The number of unbranched alkanes of at least 4 members (excludes halogenated alkanes) is 2. The predicted molar refractivity (Wildman–Crippen MR) is 148 cm³/mol. The van der Waals surface area contributed by atoms with Gasteiger partial charge in [0.15, 0.2) is 0 Å². The van der Waals surface area contributed by atoms with Crippen LogP contribution in [0, 0.1) is 11.8 Å². The third-order valence-corrected chi connectivity index (χ3v) is 9.84. The van der Waals surface area contributed by atoms with Crippen molar-refractivity contribution < 1.29 is 29.0 Å². The number of benzene rings is 1. The quantitative estimate of drug-likeness (QED) is 0.218. The molecule has 1 spiro atoms. The van der Waals surface area contributed by atoms with Crippen LogP contribution in [0.15, 0.2) is 49.6 Å². The average molecular weight is 543 g/mol. The van der Waals surface area contributed by atoms with E-state index in [2.05, 4.69) is 13.2 Å². The molecule has 0 aromatic heterocycles. The Bertz CT molecular complexity index is 1050. The molecule has 3 aliphatic heterocycles. The third kappa shape index (κ3) is 5.10. The summed E-state index contributed by atoms with van der Waals surface area (Å²) in [5, 5.41) is 9.18. The van der Waals surface area contributed by atoms with Crippen molar-refractivity contribution in [3.8, 4) is 5.75 Å². The molecule has 1 aromatic rings. The van der Waals surface area contributed by atoms with Gasteiger partial charge in [0, 0.05) is 30.6 Å². The fourth-order valence-corrected chi connectivity index (χ4v) is 8.41. The smallest absolute Gasteiger partial charge is 0.310 e. The van der Waals surface area contributed by atoms with Crippen LogP contribution in [0.2, 0.25) is 0 Å². The number of rotatable bonds is 14. The van der Waals surface area contributed by atoms with Gasteiger partial charge in [-0.2, -0.15) is 0 Å². The maximum atomic E-state index is 14.4. The number of carbonyl (C=O) groups is 3. The zero-order valence-electron chi connectivity index (χ0n) is 22.0. The minimum absolute atomic E-state index is 0.0409. The van der Waals surface area contributed by atoms with Gasteiger partial charge < -0.3 is 24.4 Å². The van der Waals surface area contributed by atoms with Crippen molar-refractivity contribution in [3.05, 3.63) is 49.6 Å². The summed E-state index contributed by atoms with van der Waals surface area (Å²) in [4.78, 5) is 45.0. The molecule has 1 N–H and O–H groups in total. The van der Waals surface area contributed by atoms with Gasteiger partial charge in [-0.05, 0) is 62.8 Å². The van der Waals surface area contributed by atoms with Crippen molar-refractivity contribution in [1.29, 1.82) is 0 Å². The van der Waals surface area contributed by atoms with Crippen LogP contribution >= 0.6 is 11.8 Å². The number of thioether (sulfide) groups is 1. The number of fused-ring (bicyclic) bond motifs is 1. The standard InChI is InChI=1S/C29H38N2O6S/c1-4-6-19-37-28(35)23-22-14-15-29(38-22)24(23)26(33)31(17-8-7-9-18-32)25(29)27(34)30(16-5-2)20-10-12-21(36-3)13-11-20/h4-5,10-13,22-25,32H,1-2,6-9,14-19H2,3H3/t22-,23+,24-,25?,29?/m0/s1. The Morgan fingerprint density at radius 2 is 1.97 bits per heavy atom. The second-order valence-corrected chi connectivity index (χ2v) is 11.7. The molecule has 3 saturated heterocycles. The van der Waals surface area contributed by atoms with Crippen LogP contribution in [0.25, 0.3) is 0 Å². The summed E-state index contributed by atoms with van der Waals surface area (Å²) >= 11 is 1.63. The number of nitrogens with zero attached hydrogens (tertiary/aromatic N) is 2. The fraction of sp³-hybridized carbons (Fsp3) is 0.552. The molecule has 4 rings (SSSR count). The molecule has 0 saturated carbocycles. The summed E-state index contributed by atoms with van der Waals surface area (Å²) in [5.41, 5.74) is 0.696. The van der Waals surface area contributed by atoms with E-state index in [9.17, 15) is 19.5 Å². The molecule has 2 amide bonds. The van der Waals surface area contributed by atoms with Gasteiger partial charge in [-0.3, -0.25) is 14.4 Å². The summed E-state index contributed by atoms with van der Waals surface area (Å²) in [6.07, 6.45) is 7.45. The number of esters is 1. The minimum atomic E-state index is -0.697. The molecular weight excluding hydrogens is 504 g/mol. The van der Waals surface area contributed by atoms with Gasteiger partial charge >= 0.3 is 5.97 Å². The van der Waals surface area contributed by atoms with E-state index in [4.69, 9.17) is 9.47 Å². The van der Waals surface area contributed by atoms with E-state index >= 15 is 0 Å². The Morgan fingerprint density at radius 1 is 1.21 bits per heavy atom. The van der Waals surface area contributed by atoms with Crippen LogP contribution in [-0.4, -0.2) is 77.2 Å². The van der Waals surface area contributed by atoms with Gasteiger partial charge in [0.05, 0.1) is 30.3 Å². The Morgan fingerprint density at radius 3 is 2.63 bits per heavy atom. The van der Waals surface area contributed by atoms with Gasteiger partial charge in [0.25, 0.3) is 5.91 Å². The van der Waals surface area contributed by atoms with Gasteiger partial charge in [0.1, 0.15) is 11.8 Å². The van der Waals surface area contributed by atoms with Crippen molar-refractivity contribution in [2.24, 2.45) is 11.8 Å². The molecule has 3 fully saturated rings. The van der Waals surface area contributed by atoms with Crippen molar-refractivity contribution in [3.63, 3.8) is 0 Å². The monoisotopic (exact) mass is 542 g/mol. The van der Waals surface area contributed by atoms with E-state index in [0.29, 0.717) is 43.7 Å². The lowest BCUT2D eigenvalue weighted by molar-refractivity contribution is -0.154. The Balaban J connectivity index is 1.68. The van der Waals surface area contributed by atoms with E-state index in [-0.39, 0.29) is 42.8 Å². The molecule has 2 bridgehead atoms. The average Bonchev–Trinajstić information content (AvgIpc) is 3.57. The molecule has 1 aromatic carbocycles. The molecule has 8 nitrogen and oxygen atoms in total. The Kier molecular flexibility index (Phi) is 9.20. The number of amides is 2. The second-order valence-electron chi connectivity index (χ2n) is 10.1. The number of hydrogen-bond donors (Lipinski definition) is 1. The van der Waals surface area contributed by atoms with Crippen LogP contribution in [-0.2, 0) is 19.1 Å². The van der Waals surface area contributed by atoms with Crippen LogP contribution in [0.1, 0.15) is 38.5 Å². The summed E-state index contributed by atoms with van der Waals surface area (Å²) in [5.74, 6) is -1.12. The fourth-order valence-electron chi connectivity index (χ4n) is 6.21. The highest BCUT2D eigenvalue weighted by molar-refractivity contribution is 8.02. The van der Waals surface area contributed by atoms with Crippen LogP contribution in [0.5, 0.6) is 5.75 Å². The van der Waals surface area contributed by atoms with E-state index in [1.807, 2.05) is 12.1 Å². The van der Waals surface area contributed by atoms with Crippen LogP contribution in [0.3, 0.4) is 0 Å².